The lowest BCUT2D eigenvalue weighted by Gasteiger charge is -2.24. The molecule has 1 unspecified atom stereocenters. The van der Waals surface area contributed by atoms with Crippen molar-refractivity contribution in [3.63, 3.8) is 0 Å². The first-order valence-electron chi connectivity index (χ1n) is 5.72. The Kier molecular flexibility index (Phi) is 2.81. The maximum atomic E-state index is 5.83. The van der Waals surface area contributed by atoms with E-state index in [0.29, 0.717) is 5.92 Å². The second-order valence-corrected chi connectivity index (χ2v) is 4.55. The molecule has 0 aromatic carbocycles. The van der Waals surface area contributed by atoms with Crippen LogP contribution < -0.4 is 5.73 Å². The van der Waals surface area contributed by atoms with Gasteiger partial charge < -0.3 is 5.73 Å². The van der Waals surface area contributed by atoms with E-state index in [9.17, 15) is 0 Å². The predicted octanol–water partition coefficient (Wildman–Crippen LogP) is 3.46. The molecular weight excluding hydrogens is 182 g/mol. The minimum absolute atomic E-state index is 0.558. The monoisotopic (exact) mass is 201 g/mol. The van der Waals surface area contributed by atoms with Crippen LogP contribution in [-0.4, -0.2) is 0 Å². The molecule has 2 aliphatic rings. The molecule has 0 saturated heterocycles. The van der Waals surface area contributed by atoms with E-state index in [2.05, 4.69) is 38.2 Å². The first-order valence-corrected chi connectivity index (χ1v) is 5.72. The molecule has 0 aromatic heterocycles. The van der Waals surface area contributed by atoms with Gasteiger partial charge in [0.2, 0.25) is 0 Å². The molecule has 0 heterocycles. The van der Waals surface area contributed by atoms with Crippen LogP contribution in [0.5, 0.6) is 0 Å². The Balaban J connectivity index is 2.31. The van der Waals surface area contributed by atoms with E-state index < -0.39 is 0 Å². The average molecular weight is 201 g/mol. The van der Waals surface area contributed by atoms with Gasteiger partial charge in [-0.2, -0.15) is 0 Å². The zero-order valence-electron chi connectivity index (χ0n) is 9.59. The minimum Gasteiger partial charge on any atom is -0.402 e. The van der Waals surface area contributed by atoms with E-state index in [-0.39, 0.29) is 0 Å². The summed E-state index contributed by atoms with van der Waals surface area (Å²) in [7, 11) is 0. The van der Waals surface area contributed by atoms with Crippen molar-refractivity contribution in [2.75, 3.05) is 0 Å². The third kappa shape index (κ3) is 2.06. The van der Waals surface area contributed by atoms with E-state index >= 15 is 0 Å². The molecule has 15 heavy (non-hydrogen) atoms. The van der Waals surface area contributed by atoms with Crippen molar-refractivity contribution in [3.8, 4) is 0 Å². The maximum Gasteiger partial charge on any atom is 0.00865 e. The summed E-state index contributed by atoms with van der Waals surface area (Å²) >= 11 is 0. The number of hydrogen-bond donors (Lipinski definition) is 1. The highest BCUT2D eigenvalue weighted by Gasteiger charge is 2.18. The summed E-state index contributed by atoms with van der Waals surface area (Å²) in [6, 6.07) is 0. The highest BCUT2D eigenvalue weighted by molar-refractivity contribution is 5.50. The van der Waals surface area contributed by atoms with Crippen LogP contribution in [0.4, 0.5) is 0 Å². The smallest absolute Gasteiger partial charge is 0.00865 e. The summed E-state index contributed by atoms with van der Waals surface area (Å²) < 4.78 is 0. The van der Waals surface area contributed by atoms with Crippen LogP contribution in [0.15, 0.2) is 46.7 Å². The predicted molar refractivity (Wildman–Crippen MR) is 65.2 cm³/mol. The molecule has 0 aliphatic heterocycles. The van der Waals surface area contributed by atoms with Crippen LogP contribution >= 0.6 is 0 Å². The van der Waals surface area contributed by atoms with Crippen LogP contribution in [-0.2, 0) is 0 Å². The zero-order valence-corrected chi connectivity index (χ0v) is 9.59. The van der Waals surface area contributed by atoms with E-state index in [0.717, 1.165) is 12.1 Å². The molecule has 2 rings (SSSR count). The Morgan fingerprint density at radius 1 is 1.20 bits per heavy atom. The van der Waals surface area contributed by atoms with Crippen molar-refractivity contribution in [1.29, 1.82) is 0 Å². The molecule has 0 saturated carbocycles. The average Bonchev–Trinajstić information content (AvgIpc) is 2.20. The van der Waals surface area contributed by atoms with Gasteiger partial charge in [0.25, 0.3) is 0 Å². The number of rotatable bonds is 1. The van der Waals surface area contributed by atoms with Crippen molar-refractivity contribution in [3.05, 3.63) is 46.7 Å². The highest BCUT2D eigenvalue weighted by atomic mass is 14.6. The van der Waals surface area contributed by atoms with Gasteiger partial charge in [0.1, 0.15) is 0 Å². The Bertz CT molecular complexity index is 380. The quantitative estimate of drug-likeness (QED) is 0.690. The van der Waals surface area contributed by atoms with Gasteiger partial charge >= 0.3 is 0 Å². The van der Waals surface area contributed by atoms with Crippen LogP contribution in [0.3, 0.4) is 0 Å². The molecule has 0 spiro atoms. The number of hydrogen-bond acceptors (Lipinski definition) is 1. The van der Waals surface area contributed by atoms with Crippen molar-refractivity contribution < 1.29 is 0 Å². The Morgan fingerprint density at radius 2 is 1.93 bits per heavy atom. The van der Waals surface area contributed by atoms with Crippen LogP contribution in [0.1, 0.15) is 33.1 Å². The molecule has 1 nitrogen and oxygen atoms in total. The van der Waals surface area contributed by atoms with Crippen LogP contribution in [0.2, 0.25) is 0 Å². The molecule has 1 heteroatoms. The molecule has 0 amide bonds. The van der Waals surface area contributed by atoms with Crippen molar-refractivity contribution >= 4 is 0 Å². The van der Waals surface area contributed by atoms with Gasteiger partial charge in [-0.05, 0) is 54.9 Å². The van der Waals surface area contributed by atoms with Gasteiger partial charge in [0, 0.05) is 5.70 Å². The Labute approximate surface area is 92.1 Å². The van der Waals surface area contributed by atoms with Crippen LogP contribution in [0.25, 0.3) is 0 Å². The van der Waals surface area contributed by atoms with Gasteiger partial charge in [-0.15, -0.1) is 0 Å². The highest BCUT2D eigenvalue weighted by Crippen LogP contribution is 2.34. The lowest BCUT2D eigenvalue weighted by atomic mass is 9.82. The SMILES string of the molecule is CC1=CCCC=C1C1=CC=C(N)CC1C. The fourth-order valence-corrected chi connectivity index (χ4v) is 2.39. The molecule has 0 aromatic rings. The lowest BCUT2D eigenvalue weighted by molar-refractivity contribution is 0.663. The third-order valence-corrected chi connectivity index (χ3v) is 3.25. The number of allylic oxidation sites excluding steroid dienone is 8. The molecule has 0 bridgehead atoms. The summed E-state index contributed by atoms with van der Waals surface area (Å²) in [6.45, 7) is 4.47. The summed E-state index contributed by atoms with van der Waals surface area (Å²) in [4.78, 5) is 0. The molecule has 0 fully saturated rings. The van der Waals surface area contributed by atoms with E-state index in [4.69, 9.17) is 5.73 Å². The van der Waals surface area contributed by atoms with Crippen molar-refractivity contribution in [2.24, 2.45) is 11.7 Å². The molecule has 80 valence electrons. The topological polar surface area (TPSA) is 26.0 Å². The Hall–Kier alpha value is -1.24. The fraction of sp³-hybridized carbons (Fsp3) is 0.429. The first kappa shape index (κ1) is 10.3. The Morgan fingerprint density at radius 3 is 2.60 bits per heavy atom. The summed E-state index contributed by atoms with van der Waals surface area (Å²) in [6.07, 6.45) is 12.3. The summed E-state index contributed by atoms with van der Waals surface area (Å²) in [5.74, 6) is 0.558. The van der Waals surface area contributed by atoms with E-state index in [1.54, 1.807) is 0 Å². The van der Waals surface area contributed by atoms with E-state index in [1.165, 1.54) is 29.6 Å². The largest absolute Gasteiger partial charge is 0.402 e. The van der Waals surface area contributed by atoms with Crippen LogP contribution in [0, 0.1) is 5.92 Å². The first-order chi connectivity index (χ1) is 7.18. The molecule has 2 aliphatic carbocycles. The molecule has 0 radical (unpaired) electrons. The van der Waals surface area contributed by atoms with Crippen molar-refractivity contribution in [2.45, 2.75) is 33.1 Å². The summed E-state index contributed by atoms with van der Waals surface area (Å²) in [5, 5.41) is 0. The molecular formula is C14H19N. The standard InChI is InChI=1S/C14H19N/c1-10-5-3-4-6-13(10)14-8-7-12(15)9-11(14)2/h5-8,11H,3-4,9,15H2,1-2H3. The van der Waals surface area contributed by atoms with Gasteiger partial charge in [0.15, 0.2) is 0 Å². The van der Waals surface area contributed by atoms with Crippen molar-refractivity contribution in [1.82, 2.24) is 0 Å². The lowest BCUT2D eigenvalue weighted by Crippen LogP contribution is -2.13. The zero-order chi connectivity index (χ0) is 10.8. The van der Waals surface area contributed by atoms with Gasteiger partial charge in [-0.25, -0.2) is 0 Å². The molecule has 1 atom stereocenters. The maximum absolute atomic E-state index is 5.83. The second kappa shape index (κ2) is 4.09. The van der Waals surface area contributed by atoms with E-state index in [1.807, 2.05) is 0 Å². The second-order valence-electron chi connectivity index (χ2n) is 4.55. The molecule has 2 N–H and O–H groups in total. The minimum atomic E-state index is 0.558. The van der Waals surface area contributed by atoms with Gasteiger partial charge in [-0.1, -0.05) is 25.2 Å². The summed E-state index contributed by atoms with van der Waals surface area (Å²) in [5.41, 5.74) is 11.2. The third-order valence-electron chi connectivity index (χ3n) is 3.25. The van der Waals surface area contributed by atoms with Gasteiger partial charge in [0.05, 0.1) is 0 Å². The normalized spacial score (nSPS) is 26.4. The fourth-order valence-electron chi connectivity index (χ4n) is 2.39. The van der Waals surface area contributed by atoms with Gasteiger partial charge in [-0.3, -0.25) is 0 Å². The number of nitrogens with two attached hydrogens (primary N) is 1.